The smallest absolute Gasteiger partial charge is 0.335 e. The van der Waals surface area contributed by atoms with E-state index in [9.17, 15) is 14.4 Å². The molecule has 1 aliphatic rings. The third-order valence-electron chi connectivity index (χ3n) is 4.84. The molecule has 1 aliphatic heterocycles. The number of carboxylic acid groups (broad SMARTS) is 1. The molecule has 1 fully saturated rings. The largest absolute Gasteiger partial charge is 0.478 e. The number of amides is 2. The van der Waals surface area contributed by atoms with E-state index in [4.69, 9.17) is 5.11 Å². The van der Waals surface area contributed by atoms with Crippen molar-refractivity contribution in [2.24, 2.45) is 0 Å². The summed E-state index contributed by atoms with van der Waals surface area (Å²) in [6.45, 7) is 4.00. The molecule has 0 aliphatic carbocycles. The van der Waals surface area contributed by atoms with E-state index >= 15 is 0 Å². The van der Waals surface area contributed by atoms with Crippen LogP contribution >= 0.6 is 11.8 Å². The molecule has 1 unspecified atom stereocenters. The lowest BCUT2D eigenvalue weighted by molar-refractivity contribution is -0.135. The number of aryl methyl sites for hydroxylation is 2. The SMILES string of the molecule is Cc1ccc(NC(=O)C2CSCN2C(=O)Cc2ccc(C(=O)O)cc2)cc1C. The highest BCUT2D eigenvalue weighted by Crippen LogP contribution is 2.24. The summed E-state index contributed by atoms with van der Waals surface area (Å²) < 4.78 is 0. The Balaban J connectivity index is 1.65. The molecule has 0 radical (unpaired) electrons. The highest BCUT2D eigenvalue weighted by atomic mass is 32.2. The van der Waals surface area contributed by atoms with Gasteiger partial charge in [0.05, 0.1) is 17.9 Å². The molecule has 2 aromatic carbocycles. The van der Waals surface area contributed by atoms with E-state index < -0.39 is 12.0 Å². The van der Waals surface area contributed by atoms with E-state index in [0.29, 0.717) is 11.6 Å². The molecular weight excluding hydrogens is 376 g/mol. The Morgan fingerprint density at radius 1 is 1.11 bits per heavy atom. The molecular formula is C21H22N2O4S. The van der Waals surface area contributed by atoms with Gasteiger partial charge in [0.2, 0.25) is 11.8 Å². The fourth-order valence-electron chi connectivity index (χ4n) is 2.99. The van der Waals surface area contributed by atoms with Gasteiger partial charge in [0, 0.05) is 11.4 Å². The lowest BCUT2D eigenvalue weighted by atomic mass is 10.1. The maximum absolute atomic E-state index is 12.7. The third kappa shape index (κ3) is 4.54. The quantitative estimate of drug-likeness (QED) is 0.808. The Labute approximate surface area is 167 Å². The first-order valence-electron chi connectivity index (χ1n) is 8.92. The summed E-state index contributed by atoms with van der Waals surface area (Å²) in [5.74, 6) is -0.315. The standard InChI is InChI=1S/C21H22N2O4S/c1-13-3-8-17(9-14(13)2)22-20(25)18-11-28-12-23(18)19(24)10-15-4-6-16(7-5-15)21(26)27/h3-9,18H,10-12H2,1-2H3,(H,22,25)(H,26,27). The first-order valence-corrected chi connectivity index (χ1v) is 10.1. The predicted octanol–water partition coefficient (Wildman–Crippen LogP) is 3.08. The van der Waals surface area contributed by atoms with Crippen molar-refractivity contribution >= 4 is 35.2 Å². The van der Waals surface area contributed by atoms with Crippen molar-refractivity contribution < 1.29 is 19.5 Å². The van der Waals surface area contributed by atoms with Crippen LogP contribution in [0, 0.1) is 13.8 Å². The number of anilines is 1. The number of carbonyl (C=O) groups is 3. The van der Waals surface area contributed by atoms with Gasteiger partial charge in [0.1, 0.15) is 6.04 Å². The second-order valence-electron chi connectivity index (χ2n) is 6.85. The molecule has 1 saturated heterocycles. The summed E-state index contributed by atoms with van der Waals surface area (Å²) >= 11 is 1.55. The first kappa shape index (κ1) is 19.9. The third-order valence-corrected chi connectivity index (χ3v) is 5.85. The van der Waals surface area contributed by atoms with Gasteiger partial charge in [-0.25, -0.2) is 4.79 Å². The first-order chi connectivity index (χ1) is 13.3. The maximum atomic E-state index is 12.7. The number of nitrogens with zero attached hydrogens (tertiary/aromatic N) is 1. The number of aromatic carboxylic acids is 1. The molecule has 28 heavy (non-hydrogen) atoms. The highest BCUT2D eigenvalue weighted by Gasteiger charge is 2.34. The fraction of sp³-hybridized carbons (Fsp3) is 0.286. The minimum atomic E-state index is -1.00. The second-order valence-corrected chi connectivity index (χ2v) is 7.85. The molecule has 3 rings (SSSR count). The van der Waals surface area contributed by atoms with Gasteiger partial charge in [-0.3, -0.25) is 9.59 Å². The molecule has 0 aromatic heterocycles. The van der Waals surface area contributed by atoms with Crippen molar-refractivity contribution in [3.63, 3.8) is 0 Å². The number of hydrogen-bond donors (Lipinski definition) is 2. The number of benzene rings is 2. The van der Waals surface area contributed by atoms with E-state index in [0.717, 1.165) is 22.4 Å². The average Bonchev–Trinajstić information content (AvgIpc) is 3.15. The minimum Gasteiger partial charge on any atom is -0.478 e. The molecule has 0 spiro atoms. The molecule has 0 bridgehead atoms. The van der Waals surface area contributed by atoms with Crippen molar-refractivity contribution in [2.45, 2.75) is 26.3 Å². The zero-order valence-corrected chi connectivity index (χ0v) is 16.6. The summed E-state index contributed by atoms with van der Waals surface area (Å²) in [6, 6.07) is 11.4. The van der Waals surface area contributed by atoms with E-state index in [1.54, 1.807) is 28.8 Å². The molecule has 1 atom stereocenters. The van der Waals surface area contributed by atoms with E-state index in [1.165, 1.54) is 12.1 Å². The van der Waals surface area contributed by atoms with Crippen LogP contribution < -0.4 is 5.32 Å². The van der Waals surface area contributed by atoms with Gasteiger partial charge >= 0.3 is 5.97 Å². The number of carboxylic acids is 1. The van der Waals surface area contributed by atoms with Gasteiger partial charge in [-0.05, 0) is 54.8 Å². The van der Waals surface area contributed by atoms with Crippen LogP contribution in [0.1, 0.15) is 27.0 Å². The van der Waals surface area contributed by atoms with E-state index in [1.807, 2.05) is 32.0 Å². The molecule has 6 nitrogen and oxygen atoms in total. The average molecular weight is 398 g/mol. The minimum absolute atomic E-state index is 0.133. The highest BCUT2D eigenvalue weighted by molar-refractivity contribution is 7.99. The molecule has 2 aromatic rings. The lowest BCUT2D eigenvalue weighted by Crippen LogP contribution is -2.45. The second kappa shape index (κ2) is 8.48. The van der Waals surface area contributed by atoms with Crippen molar-refractivity contribution in [2.75, 3.05) is 16.9 Å². The molecule has 2 amide bonds. The fourth-order valence-corrected chi connectivity index (χ4v) is 4.17. The van der Waals surface area contributed by atoms with Crippen LogP contribution in [0.25, 0.3) is 0 Å². The van der Waals surface area contributed by atoms with Crippen LogP contribution in [0.5, 0.6) is 0 Å². The summed E-state index contributed by atoms with van der Waals surface area (Å²) in [5, 5.41) is 11.9. The Kier molecular flexibility index (Phi) is 6.04. The van der Waals surface area contributed by atoms with Crippen molar-refractivity contribution in [3.05, 3.63) is 64.7 Å². The van der Waals surface area contributed by atoms with Crippen LogP contribution in [0.4, 0.5) is 5.69 Å². The number of hydrogen-bond acceptors (Lipinski definition) is 4. The Hall–Kier alpha value is -2.80. The van der Waals surface area contributed by atoms with Crippen LogP contribution in [-0.2, 0) is 16.0 Å². The van der Waals surface area contributed by atoms with E-state index in [-0.39, 0.29) is 23.8 Å². The van der Waals surface area contributed by atoms with Crippen molar-refractivity contribution in [3.8, 4) is 0 Å². The number of rotatable bonds is 5. The van der Waals surface area contributed by atoms with Gasteiger partial charge in [-0.1, -0.05) is 18.2 Å². The number of nitrogens with one attached hydrogen (secondary N) is 1. The zero-order valence-electron chi connectivity index (χ0n) is 15.8. The van der Waals surface area contributed by atoms with Gasteiger partial charge in [-0.15, -0.1) is 11.8 Å². The molecule has 146 valence electrons. The summed E-state index contributed by atoms with van der Waals surface area (Å²) in [6.07, 6.45) is 0.133. The van der Waals surface area contributed by atoms with Crippen LogP contribution in [-0.4, -0.2) is 45.5 Å². The molecule has 7 heteroatoms. The molecule has 0 saturated carbocycles. The van der Waals surface area contributed by atoms with Gasteiger partial charge in [0.25, 0.3) is 0 Å². The molecule has 1 heterocycles. The Morgan fingerprint density at radius 3 is 2.46 bits per heavy atom. The molecule has 2 N–H and O–H groups in total. The Bertz CT molecular complexity index is 911. The van der Waals surface area contributed by atoms with Crippen LogP contribution in [0.2, 0.25) is 0 Å². The number of carbonyl (C=O) groups excluding carboxylic acids is 2. The van der Waals surface area contributed by atoms with Crippen molar-refractivity contribution in [1.29, 1.82) is 0 Å². The normalized spacial score (nSPS) is 16.1. The van der Waals surface area contributed by atoms with Gasteiger partial charge in [0.15, 0.2) is 0 Å². The number of thioether (sulfide) groups is 1. The van der Waals surface area contributed by atoms with Gasteiger partial charge < -0.3 is 15.3 Å². The van der Waals surface area contributed by atoms with Gasteiger partial charge in [-0.2, -0.15) is 0 Å². The summed E-state index contributed by atoms with van der Waals surface area (Å²) in [5.41, 5.74) is 3.87. The zero-order chi connectivity index (χ0) is 20.3. The summed E-state index contributed by atoms with van der Waals surface area (Å²) in [4.78, 5) is 37.9. The van der Waals surface area contributed by atoms with Crippen molar-refractivity contribution in [1.82, 2.24) is 4.90 Å². The predicted molar refractivity (Wildman–Crippen MR) is 110 cm³/mol. The Morgan fingerprint density at radius 2 is 1.82 bits per heavy atom. The van der Waals surface area contributed by atoms with Crippen LogP contribution in [0.3, 0.4) is 0 Å². The lowest BCUT2D eigenvalue weighted by Gasteiger charge is -2.23. The maximum Gasteiger partial charge on any atom is 0.335 e. The summed E-state index contributed by atoms with van der Waals surface area (Å²) in [7, 11) is 0. The monoisotopic (exact) mass is 398 g/mol. The topological polar surface area (TPSA) is 86.7 Å². The van der Waals surface area contributed by atoms with E-state index in [2.05, 4.69) is 5.32 Å². The van der Waals surface area contributed by atoms with Crippen LogP contribution in [0.15, 0.2) is 42.5 Å².